The van der Waals surface area contributed by atoms with Crippen molar-refractivity contribution in [3.63, 3.8) is 0 Å². The highest BCUT2D eigenvalue weighted by atomic mass is 32.2. The van der Waals surface area contributed by atoms with E-state index >= 15 is 0 Å². The predicted octanol–water partition coefficient (Wildman–Crippen LogP) is 3.60. The molecule has 0 aliphatic heterocycles. The van der Waals surface area contributed by atoms with Crippen LogP contribution in [0.3, 0.4) is 0 Å². The average Bonchev–Trinajstić information content (AvgIpc) is 3.26. The topological polar surface area (TPSA) is 92.7 Å². The fourth-order valence-electron chi connectivity index (χ4n) is 3.96. The molecule has 0 bridgehead atoms. The highest BCUT2D eigenvalue weighted by molar-refractivity contribution is 7.99. The van der Waals surface area contributed by atoms with Gasteiger partial charge in [0.25, 0.3) is 0 Å². The van der Waals surface area contributed by atoms with Crippen LogP contribution in [-0.2, 0) is 25.7 Å². The minimum atomic E-state index is 0.585. The lowest BCUT2D eigenvalue weighted by Gasteiger charge is -2.22. The lowest BCUT2D eigenvalue weighted by molar-refractivity contribution is 0.660. The Morgan fingerprint density at radius 3 is 2.67 bits per heavy atom. The average molecular weight is 414 g/mol. The summed E-state index contributed by atoms with van der Waals surface area (Å²) in [6, 6.07) is 16.6. The number of tetrazole rings is 1. The van der Waals surface area contributed by atoms with Crippen molar-refractivity contribution in [2.75, 3.05) is 0 Å². The molecule has 3 heterocycles. The quantitative estimate of drug-likeness (QED) is 0.493. The Kier molecular flexibility index (Phi) is 5.11. The Morgan fingerprint density at radius 2 is 1.83 bits per heavy atom. The zero-order valence-electron chi connectivity index (χ0n) is 16.3. The van der Waals surface area contributed by atoms with E-state index in [1.807, 2.05) is 18.2 Å². The van der Waals surface area contributed by atoms with Crippen molar-refractivity contribution >= 4 is 17.4 Å². The molecule has 30 heavy (non-hydrogen) atoms. The van der Waals surface area contributed by atoms with Crippen molar-refractivity contribution in [2.24, 2.45) is 0 Å². The van der Waals surface area contributed by atoms with Crippen LogP contribution in [0.5, 0.6) is 0 Å². The van der Waals surface area contributed by atoms with E-state index < -0.39 is 0 Å². The minimum absolute atomic E-state index is 0.585. The van der Waals surface area contributed by atoms with Crippen molar-refractivity contribution in [2.45, 2.75) is 48.6 Å². The zero-order chi connectivity index (χ0) is 20.3. The van der Waals surface area contributed by atoms with Crippen molar-refractivity contribution in [3.05, 3.63) is 70.4 Å². The highest BCUT2D eigenvalue weighted by Gasteiger charge is 2.23. The van der Waals surface area contributed by atoms with E-state index in [-0.39, 0.29) is 0 Å². The fraction of sp³-hybridized carbons (Fsp3) is 0.273. The van der Waals surface area contributed by atoms with Gasteiger partial charge in [-0.1, -0.05) is 30.3 Å². The van der Waals surface area contributed by atoms with Crippen LogP contribution in [0.2, 0.25) is 0 Å². The maximum absolute atomic E-state index is 9.93. The largest absolute Gasteiger partial charge is 0.244 e. The van der Waals surface area contributed by atoms with Gasteiger partial charge < -0.3 is 0 Å². The molecule has 0 saturated carbocycles. The fourth-order valence-corrected chi connectivity index (χ4v) is 4.84. The number of nitrogens with zero attached hydrogens (tertiary/aromatic N) is 7. The molecule has 0 unspecified atom stereocenters. The Morgan fingerprint density at radius 1 is 1.00 bits per heavy atom. The summed E-state index contributed by atoms with van der Waals surface area (Å²) < 4.78 is 1.39. The van der Waals surface area contributed by atoms with Gasteiger partial charge in [-0.05, 0) is 89.5 Å². The van der Waals surface area contributed by atoms with Crippen LogP contribution >= 0.6 is 11.8 Å². The summed E-state index contributed by atoms with van der Waals surface area (Å²) in [5.74, 6) is 0. The van der Waals surface area contributed by atoms with Crippen LogP contribution < -0.4 is 0 Å². The lowest BCUT2D eigenvalue weighted by atomic mass is 9.87. The molecule has 7 nitrogen and oxygen atoms in total. The maximum atomic E-state index is 9.93. The first kappa shape index (κ1) is 18.7. The third kappa shape index (κ3) is 3.64. The van der Waals surface area contributed by atoms with Crippen LogP contribution in [0.25, 0.3) is 5.65 Å². The van der Waals surface area contributed by atoms with Gasteiger partial charge in [-0.2, -0.15) is 5.26 Å². The highest BCUT2D eigenvalue weighted by Crippen LogP contribution is 2.35. The van der Waals surface area contributed by atoms with E-state index in [1.54, 1.807) is 0 Å². The number of fused-ring (bicyclic) bond motifs is 2. The molecule has 0 amide bonds. The Balaban J connectivity index is 1.52. The first-order chi connectivity index (χ1) is 14.8. The first-order valence-corrected chi connectivity index (χ1v) is 10.9. The SMILES string of the molecule is N#Cc1c(Sc2ccc3nnnn3n2)nc(CCc2ccccc2)c2c1CCCC2. The van der Waals surface area contributed by atoms with E-state index in [2.05, 4.69) is 51.0 Å². The van der Waals surface area contributed by atoms with Gasteiger partial charge in [0.2, 0.25) is 0 Å². The summed E-state index contributed by atoms with van der Waals surface area (Å²) in [6.45, 7) is 0. The second-order valence-electron chi connectivity index (χ2n) is 7.30. The van der Waals surface area contributed by atoms with Gasteiger partial charge in [0.05, 0.1) is 5.56 Å². The van der Waals surface area contributed by atoms with E-state index in [0.717, 1.165) is 49.2 Å². The molecule has 1 aromatic carbocycles. The van der Waals surface area contributed by atoms with E-state index in [4.69, 9.17) is 4.98 Å². The molecule has 3 aromatic heterocycles. The number of nitriles is 1. The van der Waals surface area contributed by atoms with Gasteiger partial charge in [-0.25, -0.2) is 4.98 Å². The monoisotopic (exact) mass is 413 g/mol. The van der Waals surface area contributed by atoms with E-state index in [9.17, 15) is 5.26 Å². The van der Waals surface area contributed by atoms with E-state index in [0.29, 0.717) is 16.2 Å². The van der Waals surface area contributed by atoms with Gasteiger partial charge in [-0.15, -0.1) is 14.8 Å². The number of hydrogen-bond donors (Lipinski definition) is 0. The van der Waals surface area contributed by atoms with Gasteiger partial charge in [-0.3, -0.25) is 0 Å². The molecule has 0 N–H and O–H groups in total. The molecule has 8 heteroatoms. The molecule has 0 spiro atoms. The predicted molar refractivity (Wildman–Crippen MR) is 112 cm³/mol. The number of benzene rings is 1. The lowest BCUT2D eigenvalue weighted by Crippen LogP contribution is -2.13. The molecule has 0 saturated heterocycles. The first-order valence-electron chi connectivity index (χ1n) is 10.0. The molecular formula is C22H19N7S. The van der Waals surface area contributed by atoms with Crippen LogP contribution in [0.4, 0.5) is 0 Å². The number of aromatic nitrogens is 6. The number of hydrogen-bond acceptors (Lipinski definition) is 7. The van der Waals surface area contributed by atoms with Crippen LogP contribution in [0, 0.1) is 11.3 Å². The maximum Gasteiger partial charge on any atom is 0.200 e. The summed E-state index contributed by atoms with van der Waals surface area (Å²) >= 11 is 1.40. The molecule has 0 fully saturated rings. The number of pyridine rings is 1. The molecule has 4 aromatic rings. The van der Waals surface area contributed by atoms with Crippen LogP contribution in [0.1, 0.15) is 40.8 Å². The van der Waals surface area contributed by atoms with E-state index in [1.165, 1.54) is 33.1 Å². The molecule has 5 rings (SSSR count). The van der Waals surface area contributed by atoms with Crippen molar-refractivity contribution in [1.82, 2.24) is 30.2 Å². The molecule has 1 aliphatic rings. The van der Waals surface area contributed by atoms with Crippen molar-refractivity contribution in [1.29, 1.82) is 5.26 Å². The van der Waals surface area contributed by atoms with Gasteiger partial charge in [0, 0.05) is 5.69 Å². The van der Waals surface area contributed by atoms with Gasteiger partial charge >= 0.3 is 0 Å². The molecule has 0 radical (unpaired) electrons. The minimum Gasteiger partial charge on any atom is -0.244 e. The molecular weight excluding hydrogens is 394 g/mol. The van der Waals surface area contributed by atoms with Gasteiger partial charge in [0.15, 0.2) is 5.65 Å². The normalized spacial score (nSPS) is 13.2. The molecule has 148 valence electrons. The summed E-state index contributed by atoms with van der Waals surface area (Å²) in [4.78, 5) is 4.97. The summed E-state index contributed by atoms with van der Waals surface area (Å²) in [5.41, 5.74) is 6.14. The molecule has 1 aliphatic carbocycles. The van der Waals surface area contributed by atoms with Crippen molar-refractivity contribution < 1.29 is 0 Å². The van der Waals surface area contributed by atoms with Gasteiger partial charge in [0.1, 0.15) is 16.1 Å². The number of aryl methyl sites for hydroxylation is 2. The summed E-state index contributed by atoms with van der Waals surface area (Å²) in [6.07, 6.45) is 6.01. The zero-order valence-corrected chi connectivity index (χ0v) is 17.1. The smallest absolute Gasteiger partial charge is 0.200 e. The third-order valence-corrected chi connectivity index (χ3v) is 6.34. The Labute approximate surface area is 178 Å². The molecule has 0 atom stereocenters. The second-order valence-corrected chi connectivity index (χ2v) is 8.31. The Hall–Kier alpha value is -3.31. The Bertz CT molecular complexity index is 1240. The standard InChI is InChI=1S/C22H19N7S/c23-14-18-16-8-4-5-9-17(16)19(11-10-15-6-2-1-3-7-15)24-22(18)30-21-13-12-20-25-27-28-29(20)26-21/h1-3,6-7,12-13H,4-5,8-11H2. The van der Waals surface area contributed by atoms with Crippen molar-refractivity contribution in [3.8, 4) is 6.07 Å². The second kappa shape index (κ2) is 8.20. The van der Waals surface area contributed by atoms with Crippen LogP contribution in [-0.4, -0.2) is 30.2 Å². The van der Waals surface area contributed by atoms with Crippen LogP contribution in [0.15, 0.2) is 52.5 Å². The summed E-state index contributed by atoms with van der Waals surface area (Å²) in [7, 11) is 0. The number of rotatable bonds is 5. The third-order valence-electron chi connectivity index (χ3n) is 5.42. The summed E-state index contributed by atoms with van der Waals surface area (Å²) in [5, 5.41) is 27.2.